The Bertz CT molecular complexity index is 629. The molecule has 0 saturated carbocycles. The van der Waals surface area contributed by atoms with E-state index >= 15 is 0 Å². The van der Waals surface area contributed by atoms with Crippen molar-refractivity contribution >= 4 is 11.8 Å². The maximum absolute atomic E-state index is 13.0. The van der Waals surface area contributed by atoms with Gasteiger partial charge in [0.1, 0.15) is 6.10 Å². The first-order valence-corrected chi connectivity index (χ1v) is 10.1. The van der Waals surface area contributed by atoms with Gasteiger partial charge in [0.2, 0.25) is 0 Å². The Morgan fingerprint density at radius 1 is 1.15 bits per heavy atom. The molecule has 0 aromatic heterocycles. The fraction of sp³-hybridized carbons (Fsp3) is 0.619. The molecular weight excluding hydrogens is 342 g/mol. The molecule has 2 saturated heterocycles. The molecule has 2 aliphatic rings. The van der Waals surface area contributed by atoms with E-state index in [1.807, 2.05) is 40.1 Å². The van der Waals surface area contributed by atoms with Gasteiger partial charge < -0.3 is 20.3 Å². The fourth-order valence-electron chi connectivity index (χ4n) is 4.10. The number of hydrogen-bond acceptors (Lipinski definition) is 4. The van der Waals surface area contributed by atoms with Gasteiger partial charge in [-0.05, 0) is 44.2 Å². The quantitative estimate of drug-likeness (QED) is 0.828. The standard InChI is InChI=1S/C21H31N3O3/c1-2-12-24(21(26)19-9-8-18(15-22)27-19)17-10-13-23(14-11-17)20(25)16-6-4-3-5-7-16/h3-7,17-19H,2,8-15,22H2,1H3/t18-,19+/m1/s1. The first-order chi connectivity index (χ1) is 13.1. The molecule has 1 aromatic rings. The van der Waals surface area contributed by atoms with Crippen molar-refractivity contribution in [1.29, 1.82) is 0 Å². The molecule has 6 heteroatoms. The summed E-state index contributed by atoms with van der Waals surface area (Å²) in [6.07, 6.45) is 3.82. The lowest BCUT2D eigenvalue weighted by molar-refractivity contribution is -0.146. The maximum Gasteiger partial charge on any atom is 0.253 e. The molecule has 148 valence electrons. The van der Waals surface area contributed by atoms with Crippen LogP contribution in [0.5, 0.6) is 0 Å². The van der Waals surface area contributed by atoms with Gasteiger partial charge in [-0.25, -0.2) is 0 Å². The monoisotopic (exact) mass is 373 g/mol. The normalized spacial score (nSPS) is 23.4. The second kappa shape index (κ2) is 9.33. The molecule has 2 amide bonds. The van der Waals surface area contributed by atoms with Gasteiger partial charge in [0.05, 0.1) is 6.10 Å². The molecule has 0 unspecified atom stereocenters. The molecule has 0 spiro atoms. The van der Waals surface area contributed by atoms with E-state index in [0.29, 0.717) is 19.6 Å². The van der Waals surface area contributed by atoms with Crippen LogP contribution in [0, 0.1) is 0 Å². The number of ether oxygens (including phenoxy) is 1. The molecule has 2 aliphatic heterocycles. The molecule has 2 atom stereocenters. The molecule has 0 radical (unpaired) electrons. The van der Waals surface area contributed by atoms with Crippen molar-refractivity contribution in [2.75, 3.05) is 26.2 Å². The minimum atomic E-state index is -0.353. The Morgan fingerprint density at radius 3 is 2.44 bits per heavy atom. The van der Waals surface area contributed by atoms with Crippen LogP contribution in [0.4, 0.5) is 0 Å². The molecule has 6 nitrogen and oxygen atoms in total. The average Bonchev–Trinajstić information content (AvgIpc) is 3.21. The zero-order chi connectivity index (χ0) is 19.2. The van der Waals surface area contributed by atoms with Crippen molar-refractivity contribution in [1.82, 2.24) is 9.80 Å². The van der Waals surface area contributed by atoms with Gasteiger partial charge in [-0.2, -0.15) is 0 Å². The Balaban J connectivity index is 1.58. The molecular formula is C21H31N3O3. The van der Waals surface area contributed by atoms with E-state index in [1.54, 1.807) is 0 Å². The Hall–Kier alpha value is -1.92. The van der Waals surface area contributed by atoms with Crippen molar-refractivity contribution < 1.29 is 14.3 Å². The summed E-state index contributed by atoms with van der Waals surface area (Å²) in [6, 6.07) is 9.57. The van der Waals surface area contributed by atoms with Gasteiger partial charge in [-0.1, -0.05) is 25.1 Å². The van der Waals surface area contributed by atoms with E-state index in [1.165, 1.54) is 0 Å². The smallest absolute Gasteiger partial charge is 0.253 e. The zero-order valence-electron chi connectivity index (χ0n) is 16.2. The minimum absolute atomic E-state index is 0.00719. The SMILES string of the molecule is CCCN(C(=O)[C@@H]1CC[C@H](CN)O1)C1CCN(C(=O)c2ccccc2)CC1. The van der Waals surface area contributed by atoms with E-state index in [9.17, 15) is 9.59 Å². The number of carbonyl (C=O) groups excluding carboxylic acids is 2. The second-order valence-corrected chi connectivity index (χ2v) is 7.48. The number of benzene rings is 1. The Kier molecular flexibility index (Phi) is 6.85. The molecule has 2 fully saturated rings. The summed E-state index contributed by atoms with van der Waals surface area (Å²) in [7, 11) is 0. The largest absolute Gasteiger partial charge is 0.364 e. The van der Waals surface area contributed by atoms with Crippen molar-refractivity contribution in [2.24, 2.45) is 5.73 Å². The summed E-state index contributed by atoms with van der Waals surface area (Å²) in [5, 5.41) is 0. The predicted octanol–water partition coefficient (Wildman–Crippen LogP) is 2.04. The van der Waals surface area contributed by atoms with Crippen LogP contribution < -0.4 is 5.73 Å². The number of hydrogen-bond donors (Lipinski definition) is 1. The number of rotatable bonds is 6. The topological polar surface area (TPSA) is 75.9 Å². The summed E-state index contributed by atoms with van der Waals surface area (Å²) in [5.74, 6) is 0.174. The van der Waals surface area contributed by atoms with Crippen LogP contribution in [0.3, 0.4) is 0 Å². The molecule has 27 heavy (non-hydrogen) atoms. The number of piperidine rings is 1. The number of carbonyl (C=O) groups is 2. The van der Waals surface area contributed by atoms with E-state index in [0.717, 1.165) is 44.2 Å². The highest BCUT2D eigenvalue weighted by Crippen LogP contribution is 2.25. The number of nitrogens with two attached hydrogens (primary N) is 1. The van der Waals surface area contributed by atoms with Crippen molar-refractivity contribution in [3.8, 4) is 0 Å². The molecule has 3 rings (SSSR count). The van der Waals surface area contributed by atoms with E-state index in [-0.39, 0.29) is 30.1 Å². The maximum atomic E-state index is 13.0. The molecule has 2 heterocycles. The number of nitrogens with zero attached hydrogens (tertiary/aromatic N) is 2. The third-order valence-electron chi connectivity index (χ3n) is 5.61. The first kappa shape index (κ1) is 19.8. The first-order valence-electron chi connectivity index (χ1n) is 10.1. The van der Waals surface area contributed by atoms with Crippen molar-refractivity contribution in [3.05, 3.63) is 35.9 Å². The third-order valence-corrected chi connectivity index (χ3v) is 5.61. The van der Waals surface area contributed by atoms with Gasteiger partial charge in [0.25, 0.3) is 11.8 Å². The summed E-state index contributed by atoms with van der Waals surface area (Å²) in [4.78, 5) is 29.5. The number of amides is 2. The lowest BCUT2D eigenvalue weighted by atomic mass is 10.0. The molecule has 0 bridgehead atoms. The summed E-state index contributed by atoms with van der Waals surface area (Å²) in [6.45, 7) is 4.67. The highest BCUT2D eigenvalue weighted by Gasteiger charge is 2.36. The summed E-state index contributed by atoms with van der Waals surface area (Å²) >= 11 is 0. The van der Waals surface area contributed by atoms with Crippen molar-refractivity contribution in [2.45, 2.75) is 57.3 Å². The summed E-state index contributed by atoms with van der Waals surface area (Å²) in [5.41, 5.74) is 6.40. The highest BCUT2D eigenvalue weighted by atomic mass is 16.5. The second-order valence-electron chi connectivity index (χ2n) is 7.48. The van der Waals surface area contributed by atoms with Crippen LogP contribution in [0.1, 0.15) is 49.4 Å². The minimum Gasteiger partial charge on any atom is -0.364 e. The van der Waals surface area contributed by atoms with Crippen LogP contribution in [0.15, 0.2) is 30.3 Å². The third kappa shape index (κ3) is 4.68. The van der Waals surface area contributed by atoms with Gasteiger partial charge in [-0.15, -0.1) is 0 Å². The summed E-state index contributed by atoms with van der Waals surface area (Å²) < 4.78 is 5.83. The van der Waals surface area contributed by atoms with Crippen LogP contribution in [-0.4, -0.2) is 66.0 Å². The van der Waals surface area contributed by atoms with Crippen LogP contribution >= 0.6 is 0 Å². The highest BCUT2D eigenvalue weighted by molar-refractivity contribution is 5.94. The van der Waals surface area contributed by atoms with Gasteiger partial charge in [-0.3, -0.25) is 9.59 Å². The predicted molar refractivity (Wildman–Crippen MR) is 104 cm³/mol. The van der Waals surface area contributed by atoms with E-state index in [4.69, 9.17) is 10.5 Å². The molecule has 2 N–H and O–H groups in total. The Morgan fingerprint density at radius 2 is 1.85 bits per heavy atom. The van der Waals surface area contributed by atoms with E-state index in [2.05, 4.69) is 6.92 Å². The fourth-order valence-corrected chi connectivity index (χ4v) is 4.10. The Labute approximate surface area is 161 Å². The van der Waals surface area contributed by atoms with Gasteiger partial charge in [0, 0.05) is 37.8 Å². The van der Waals surface area contributed by atoms with Crippen LogP contribution in [-0.2, 0) is 9.53 Å². The lowest BCUT2D eigenvalue weighted by Crippen LogP contribution is -2.51. The van der Waals surface area contributed by atoms with Crippen LogP contribution in [0.25, 0.3) is 0 Å². The van der Waals surface area contributed by atoms with Crippen molar-refractivity contribution in [3.63, 3.8) is 0 Å². The zero-order valence-corrected chi connectivity index (χ0v) is 16.2. The van der Waals surface area contributed by atoms with Crippen LogP contribution in [0.2, 0.25) is 0 Å². The van der Waals surface area contributed by atoms with E-state index < -0.39 is 0 Å². The average molecular weight is 373 g/mol. The molecule has 0 aliphatic carbocycles. The van der Waals surface area contributed by atoms with Gasteiger partial charge >= 0.3 is 0 Å². The lowest BCUT2D eigenvalue weighted by Gasteiger charge is -2.39. The molecule has 1 aromatic carbocycles. The van der Waals surface area contributed by atoms with Gasteiger partial charge in [0.15, 0.2) is 0 Å². The number of likely N-dealkylation sites (tertiary alicyclic amines) is 1.